The molecular weight excluding hydrogens is 422 g/mol. The standard InChI is InChI=1S/C26H35NO6/c1-5-10-27-11-9-17-12-21-22(32-15-31-21)13-18(17)24-19(27)14-23(30-4)25(24)33-26(29)20(28)8-6-7-16(2)3/h7,12-14,19-20,24-25,28H,5-6,8-11,15H2,1-4H3/t19-,20-,24-,25+/m0/s1. The Hall–Kier alpha value is -2.51. The first kappa shape index (κ1) is 23.6. The molecule has 0 radical (unpaired) electrons. The molecule has 0 spiro atoms. The lowest BCUT2D eigenvalue weighted by atomic mass is 9.87. The molecule has 3 aliphatic rings. The summed E-state index contributed by atoms with van der Waals surface area (Å²) in [7, 11) is 1.61. The van der Waals surface area contributed by atoms with Gasteiger partial charge in [-0.2, -0.15) is 0 Å². The SMILES string of the molecule is CCCN1CCc2cc3c(cc2[C@@H]2[C@H](OC(=O)[C@@H](O)CCC=C(C)C)C(OC)=C[C@@H]21)OCO3. The van der Waals surface area contributed by atoms with Crippen molar-refractivity contribution in [3.8, 4) is 11.5 Å². The molecule has 0 aromatic heterocycles. The monoisotopic (exact) mass is 457 g/mol. The van der Waals surface area contributed by atoms with E-state index in [1.165, 1.54) is 5.56 Å². The molecule has 1 aromatic rings. The zero-order valence-electron chi connectivity index (χ0n) is 20.0. The summed E-state index contributed by atoms with van der Waals surface area (Å²) < 4.78 is 22.9. The van der Waals surface area contributed by atoms with Crippen molar-refractivity contribution >= 4 is 5.97 Å². The van der Waals surface area contributed by atoms with Gasteiger partial charge in [0.1, 0.15) is 5.76 Å². The second-order valence-corrected chi connectivity index (χ2v) is 9.21. The van der Waals surface area contributed by atoms with Crippen LogP contribution in [0.15, 0.2) is 35.6 Å². The Morgan fingerprint density at radius 1 is 1.30 bits per heavy atom. The van der Waals surface area contributed by atoms with Gasteiger partial charge in [-0.25, -0.2) is 4.79 Å². The van der Waals surface area contributed by atoms with E-state index < -0.39 is 18.2 Å². The van der Waals surface area contributed by atoms with Crippen molar-refractivity contribution in [2.24, 2.45) is 0 Å². The van der Waals surface area contributed by atoms with Crippen LogP contribution in [0.5, 0.6) is 11.5 Å². The van der Waals surface area contributed by atoms with Crippen LogP contribution < -0.4 is 9.47 Å². The van der Waals surface area contributed by atoms with Gasteiger partial charge in [-0.15, -0.1) is 0 Å². The molecule has 2 heterocycles. The molecule has 7 heteroatoms. The van der Waals surface area contributed by atoms with Crippen molar-refractivity contribution in [3.05, 3.63) is 46.7 Å². The molecule has 33 heavy (non-hydrogen) atoms. The minimum absolute atomic E-state index is 0.0298. The molecule has 2 aliphatic heterocycles. The fourth-order valence-corrected chi connectivity index (χ4v) is 5.06. The summed E-state index contributed by atoms with van der Waals surface area (Å²) in [6, 6.07) is 4.12. The number of aliphatic hydroxyl groups excluding tert-OH is 1. The number of fused-ring (bicyclic) bond motifs is 4. The van der Waals surface area contributed by atoms with Crippen LogP contribution in [0.3, 0.4) is 0 Å². The quantitative estimate of drug-likeness (QED) is 0.471. The molecule has 0 bridgehead atoms. The van der Waals surface area contributed by atoms with Crippen LogP contribution in [0.2, 0.25) is 0 Å². The zero-order valence-corrected chi connectivity index (χ0v) is 20.0. The van der Waals surface area contributed by atoms with E-state index in [9.17, 15) is 9.90 Å². The molecule has 180 valence electrons. The van der Waals surface area contributed by atoms with Gasteiger partial charge in [0.15, 0.2) is 23.7 Å². The number of carbonyl (C=O) groups is 1. The highest BCUT2D eigenvalue weighted by molar-refractivity contribution is 5.75. The Morgan fingerprint density at radius 2 is 2.06 bits per heavy atom. The molecule has 0 saturated carbocycles. The minimum atomic E-state index is -1.17. The summed E-state index contributed by atoms with van der Waals surface area (Å²) in [6.07, 6.45) is 5.15. The molecule has 4 rings (SSSR count). The maximum Gasteiger partial charge on any atom is 0.335 e. The van der Waals surface area contributed by atoms with Crippen LogP contribution >= 0.6 is 0 Å². The van der Waals surface area contributed by atoms with E-state index in [0.717, 1.165) is 42.8 Å². The van der Waals surface area contributed by atoms with Crippen molar-refractivity contribution < 1.29 is 28.8 Å². The third-order valence-electron chi connectivity index (χ3n) is 6.65. The van der Waals surface area contributed by atoms with Crippen LogP contribution in [0, 0.1) is 0 Å². The van der Waals surface area contributed by atoms with Crippen molar-refractivity contribution in [3.63, 3.8) is 0 Å². The molecule has 1 N–H and O–H groups in total. The van der Waals surface area contributed by atoms with Gasteiger partial charge in [0, 0.05) is 18.5 Å². The summed E-state index contributed by atoms with van der Waals surface area (Å²) in [6.45, 7) is 8.19. The van der Waals surface area contributed by atoms with Crippen LogP contribution in [0.25, 0.3) is 0 Å². The predicted molar refractivity (Wildman–Crippen MR) is 124 cm³/mol. The number of hydrogen-bond donors (Lipinski definition) is 1. The Morgan fingerprint density at radius 3 is 2.76 bits per heavy atom. The van der Waals surface area contributed by atoms with Gasteiger partial charge in [-0.3, -0.25) is 4.90 Å². The lowest BCUT2D eigenvalue weighted by Gasteiger charge is -2.32. The summed E-state index contributed by atoms with van der Waals surface area (Å²) in [5, 5.41) is 10.4. The smallest absolute Gasteiger partial charge is 0.335 e. The molecule has 0 amide bonds. The van der Waals surface area contributed by atoms with Gasteiger partial charge < -0.3 is 24.1 Å². The first-order chi connectivity index (χ1) is 15.9. The highest BCUT2D eigenvalue weighted by atomic mass is 16.7. The predicted octanol–water partition coefficient (Wildman–Crippen LogP) is 3.70. The first-order valence-corrected chi connectivity index (χ1v) is 11.9. The number of methoxy groups -OCH3 is 1. The van der Waals surface area contributed by atoms with E-state index in [1.807, 2.05) is 26.0 Å². The lowest BCUT2D eigenvalue weighted by Crippen LogP contribution is -2.40. The summed E-state index contributed by atoms with van der Waals surface area (Å²) in [5.74, 6) is 1.35. The highest BCUT2D eigenvalue weighted by Crippen LogP contribution is 2.46. The topological polar surface area (TPSA) is 77.5 Å². The third-order valence-corrected chi connectivity index (χ3v) is 6.65. The number of esters is 1. The van der Waals surface area contributed by atoms with E-state index in [4.69, 9.17) is 18.9 Å². The Balaban J connectivity index is 1.64. The summed E-state index contributed by atoms with van der Waals surface area (Å²) in [4.78, 5) is 15.3. The molecule has 0 unspecified atom stereocenters. The maximum absolute atomic E-state index is 12.9. The van der Waals surface area contributed by atoms with Crippen LogP contribution in [-0.2, 0) is 20.7 Å². The minimum Gasteiger partial charge on any atom is -0.497 e. The number of rotatable bonds is 8. The second kappa shape index (κ2) is 10.2. The van der Waals surface area contributed by atoms with E-state index in [1.54, 1.807) is 7.11 Å². The van der Waals surface area contributed by atoms with Gasteiger partial charge in [0.25, 0.3) is 0 Å². The largest absolute Gasteiger partial charge is 0.497 e. The average molecular weight is 458 g/mol. The number of nitrogens with zero attached hydrogens (tertiary/aromatic N) is 1. The average Bonchev–Trinajstić information content (AvgIpc) is 3.35. The Bertz CT molecular complexity index is 935. The number of carbonyl (C=O) groups excluding carboxylic acids is 1. The lowest BCUT2D eigenvalue weighted by molar-refractivity contribution is -0.160. The fourth-order valence-electron chi connectivity index (χ4n) is 5.06. The molecule has 1 aromatic carbocycles. The van der Waals surface area contributed by atoms with Gasteiger partial charge >= 0.3 is 5.97 Å². The molecule has 1 aliphatic carbocycles. The van der Waals surface area contributed by atoms with E-state index in [-0.39, 0.29) is 18.8 Å². The number of allylic oxidation sites excluding steroid dienone is 2. The number of aliphatic hydroxyl groups is 1. The van der Waals surface area contributed by atoms with Gasteiger partial charge in [0.05, 0.1) is 7.11 Å². The van der Waals surface area contributed by atoms with Crippen LogP contribution in [-0.4, -0.2) is 61.2 Å². The summed E-state index contributed by atoms with van der Waals surface area (Å²) >= 11 is 0. The molecule has 0 saturated heterocycles. The first-order valence-electron chi connectivity index (χ1n) is 11.9. The fraction of sp³-hybridized carbons (Fsp3) is 0.577. The highest BCUT2D eigenvalue weighted by Gasteiger charge is 2.47. The van der Waals surface area contributed by atoms with Gasteiger partial charge in [-0.1, -0.05) is 18.6 Å². The molecule has 0 fully saturated rings. The number of benzene rings is 1. The Kier molecular flexibility index (Phi) is 7.29. The zero-order chi connectivity index (χ0) is 23.5. The summed E-state index contributed by atoms with van der Waals surface area (Å²) in [5.41, 5.74) is 3.41. The van der Waals surface area contributed by atoms with Crippen molar-refractivity contribution in [2.45, 2.75) is 70.6 Å². The van der Waals surface area contributed by atoms with Gasteiger partial charge in [0.2, 0.25) is 6.79 Å². The third kappa shape index (κ3) is 4.89. The molecule has 4 atom stereocenters. The van der Waals surface area contributed by atoms with E-state index >= 15 is 0 Å². The van der Waals surface area contributed by atoms with Crippen molar-refractivity contribution in [1.82, 2.24) is 4.90 Å². The second-order valence-electron chi connectivity index (χ2n) is 9.21. The van der Waals surface area contributed by atoms with Crippen molar-refractivity contribution in [2.75, 3.05) is 27.0 Å². The van der Waals surface area contributed by atoms with Crippen LogP contribution in [0.4, 0.5) is 0 Å². The van der Waals surface area contributed by atoms with E-state index in [0.29, 0.717) is 24.4 Å². The number of hydrogen-bond acceptors (Lipinski definition) is 7. The number of ether oxygens (including phenoxy) is 4. The van der Waals surface area contributed by atoms with Crippen molar-refractivity contribution in [1.29, 1.82) is 0 Å². The molecular formula is C26H35NO6. The maximum atomic E-state index is 12.9. The Labute approximate surface area is 196 Å². The molecule has 7 nitrogen and oxygen atoms in total. The van der Waals surface area contributed by atoms with Crippen LogP contribution in [0.1, 0.15) is 57.1 Å². The van der Waals surface area contributed by atoms with Gasteiger partial charge in [-0.05, 0) is 75.4 Å². The van der Waals surface area contributed by atoms with E-state index in [2.05, 4.69) is 24.0 Å². The normalized spacial score (nSPS) is 24.3.